The molecule has 1 N–H and O–H groups in total. The van der Waals surface area contributed by atoms with Crippen molar-refractivity contribution in [3.05, 3.63) is 0 Å². The fraction of sp³-hybridized carbons (Fsp3) is 1.00. The predicted molar refractivity (Wildman–Crippen MR) is 62.9 cm³/mol. The van der Waals surface area contributed by atoms with Crippen molar-refractivity contribution in [3.8, 4) is 0 Å². The molecule has 0 aromatic heterocycles. The highest BCUT2D eigenvalue weighted by Gasteiger charge is 2.28. The van der Waals surface area contributed by atoms with Crippen molar-refractivity contribution in [2.75, 3.05) is 26.2 Å². The second kappa shape index (κ2) is 4.42. The van der Waals surface area contributed by atoms with E-state index >= 15 is 0 Å². The zero-order chi connectivity index (χ0) is 10.1. The van der Waals surface area contributed by atoms with E-state index in [1.807, 2.05) is 0 Å². The first-order chi connectivity index (χ1) is 7.40. The van der Waals surface area contributed by atoms with Crippen molar-refractivity contribution in [1.29, 1.82) is 0 Å². The number of nitrogens with zero attached hydrogens (tertiary/aromatic N) is 1. The molecule has 0 aromatic carbocycles. The van der Waals surface area contributed by atoms with E-state index in [9.17, 15) is 0 Å². The van der Waals surface area contributed by atoms with Gasteiger partial charge >= 0.3 is 0 Å². The number of nitrogens with one attached hydrogen (secondary N) is 1. The zero-order valence-electron chi connectivity index (χ0n) is 9.75. The van der Waals surface area contributed by atoms with Crippen LogP contribution in [-0.4, -0.2) is 37.1 Å². The summed E-state index contributed by atoms with van der Waals surface area (Å²) in [6, 6.07) is 0.892. The van der Waals surface area contributed by atoms with Gasteiger partial charge in [0.25, 0.3) is 0 Å². The number of hydrogen-bond acceptors (Lipinski definition) is 2. The third-order valence-corrected chi connectivity index (χ3v) is 4.09. The largest absolute Gasteiger partial charge is 0.314 e. The number of rotatable bonds is 5. The van der Waals surface area contributed by atoms with Crippen molar-refractivity contribution >= 4 is 0 Å². The smallest absolute Gasteiger partial charge is 0.00683 e. The molecule has 1 aliphatic heterocycles. The van der Waals surface area contributed by atoms with Gasteiger partial charge in [-0.05, 0) is 63.5 Å². The molecule has 3 rings (SSSR count). The van der Waals surface area contributed by atoms with Gasteiger partial charge in [-0.25, -0.2) is 0 Å². The van der Waals surface area contributed by atoms with E-state index in [1.165, 1.54) is 64.7 Å². The minimum absolute atomic E-state index is 0.892. The fourth-order valence-corrected chi connectivity index (χ4v) is 2.77. The maximum atomic E-state index is 3.69. The van der Waals surface area contributed by atoms with Crippen molar-refractivity contribution < 1.29 is 0 Å². The van der Waals surface area contributed by atoms with Crippen molar-refractivity contribution in [3.63, 3.8) is 0 Å². The minimum Gasteiger partial charge on any atom is -0.314 e. The lowest BCUT2D eigenvalue weighted by Gasteiger charge is -2.33. The molecule has 1 saturated heterocycles. The predicted octanol–water partition coefficient (Wildman–Crippen LogP) is 1.86. The molecule has 2 heteroatoms. The van der Waals surface area contributed by atoms with Crippen LogP contribution < -0.4 is 5.32 Å². The summed E-state index contributed by atoms with van der Waals surface area (Å²) >= 11 is 0. The molecule has 1 unspecified atom stereocenters. The highest BCUT2D eigenvalue weighted by Crippen LogP contribution is 2.31. The van der Waals surface area contributed by atoms with Gasteiger partial charge in [0.15, 0.2) is 0 Å². The lowest BCUT2D eigenvalue weighted by Crippen LogP contribution is -2.40. The van der Waals surface area contributed by atoms with Crippen LogP contribution in [0.5, 0.6) is 0 Å². The Morgan fingerprint density at radius 2 is 1.87 bits per heavy atom. The van der Waals surface area contributed by atoms with E-state index in [1.54, 1.807) is 0 Å². The molecule has 1 atom stereocenters. The molecule has 15 heavy (non-hydrogen) atoms. The first-order valence-electron chi connectivity index (χ1n) is 6.86. The molecular weight excluding hydrogens is 184 g/mol. The monoisotopic (exact) mass is 208 g/mol. The van der Waals surface area contributed by atoms with Gasteiger partial charge in [0.05, 0.1) is 0 Å². The molecule has 0 spiro atoms. The SMILES string of the molecule is C1CC(CNC2CC2)CN(CC2CC2)C1. The van der Waals surface area contributed by atoms with Gasteiger partial charge in [0.2, 0.25) is 0 Å². The molecule has 0 bridgehead atoms. The quantitative estimate of drug-likeness (QED) is 0.742. The molecule has 2 saturated carbocycles. The summed E-state index contributed by atoms with van der Waals surface area (Å²) in [5.41, 5.74) is 0. The van der Waals surface area contributed by atoms with Crippen molar-refractivity contribution in [2.45, 2.75) is 44.6 Å². The molecule has 0 aromatic rings. The summed E-state index contributed by atoms with van der Waals surface area (Å²) < 4.78 is 0. The lowest BCUT2D eigenvalue weighted by atomic mass is 9.97. The minimum atomic E-state index is 0.892. The van der Waals surface area contributed by atoms with Crippen LogP contribution in [0, 0.1) is 11.8 Å². The Morgan fingerprint density at radius 3 is 2.60 bits per heavy atom. The van der Waals surface area contributed by atoms with Crippen LogP contribution >= 0.6 is 0 Å². The Labute approximate surface area is 93.4 Å². The van der Waals surface area contributed by atoms with Gasteiger partial charge in [-0.2, -0.15) is 0 Å². The second-order valence-corrected chi connectivity index (χ2v) is 5.89. The van der Waals surface area contributed by atoms with Gasteiger partial charge in [-0.15, -0.1) is 0 Å². The van der Waals surface area contributed by atoms with Crippen LogP contribution in [0.15, 0.2) is 0 Å². The first-order valence-corrected chi connectivity index (χ1v) is 6.86. The van der Waals surface area contributed by atoms with E-state index in [-0.39, 0.29) is 0 Å². The Kier molecular flexibility index (Phi) is 2.98. The molecule has 3 aliphatic rings. The van der Waals surface area contributed by atoms with Crippen LogP contribution in [0.25, 0.3) is 0 Å². The Hall–Kier alpha value is -0.0800. The average Bonchev–Trinajstić information content (AvgIpc) is 3.10. The Morgan fingerprint density at radius 1 is 1.00 bits per heavy atom. The standard InChI is InChI=1S/C13H24N2/c1-2-12(8-14-13-5-6-13)10-15(7-1)9-11-3-4-11/h11-14H,1-10H2. The van der Waals surface area contributed by atoms with Crippen molar-refractivity contribution in [2.24, 2.45) is 11.8 Å². The number of hydrogen-bond donors (Lipinski definition) is 1. The highest BCUT2D eigenvalue weighted by molar-refractivity contribution is 4.85. The molecule has 1 heterocycles. The summed E-state index contributed by atoms with van der Waals surface area (Å²) in [4.78, 5) is 2.72. The van der Waals surface area contributed by atoms with Crippen LogP contribution in [0.3, 0.4) is 0 Å². The van der Waals surface area contributed by atoms with E-state index in [2.05, 4.69) is 10.2 Å². The van der Waals surface area contributed by atoms with E-state index in [0.717, 1.165) is 17.9 Å². The summed E-state index contributed by atoms with van der Waals surface area (Å²) in [5.74, 6) is 2.01. The Balaban J connectivity index is 1.38. The lowest BCUT2D eigenvalue weighted by molar-refractivity contribution is 0.166. The van der Waals surface area contributed by atoms with Gasteiger partial charge in [0.1, 0.15) is 0 Å². The Bertz CT molecular complexity index is 209. The molecule has 2 aliphatic carbocycles. The van der Waals surface area contributed by atoms with Crippen LogP contribution in [-0.2, 0) is 0 Å². The molecule has 0 amide bonds. The zero-order valence-corrected chi connectivity index (χ0v) is 9.75. The molecular formula is C13H24N2. The summed E-state index contributed by atoms with van der Waals surface area (Å²) in [5, 5.41) is 3.69. The average molecular weight is 208 g/mol. The molecule has 86 valence electrons. The molecule has 0 radical (unpaired) electrons. The summed E-state index contributed by atoms with van der Waals surface area (Å²) in [6.07, 6.45) is 8.75. The third kappa shape index (κ3) is 3.18. The second-order valence-electron chi connectivity index (χ2n) is 5.89. The fourth-order valence-electron chi connectivity index (χ4n) is 2.77. The van der Waals surface area contributed by atoms with E-state index in [4.69, 9.17) is 0 Å². The molecule has 2 nitrogen and oxygen atoms in total. The van der Waals surface area contributed by atoms with Gasteiger partial charge < -0.3 is 10.2 Å². The maximum Gasteiger partial charge on any atom is 0.00683 e. The topological polar surface area (TPSA) is 15.3 Å². The van der Waals surface area contributed by atoms with Crippen LogP contribution in [0.1, 0.15) is 38.5 Å². The van der Waals surface area contributed by atoms with E-state index < -0.39 is 0 Å². The normalized spacial score (nSPS) is 33.2. The van der Waals surface area contributed by atoms with Crippen LogP contribution in [0.2, 0.25) is 0 Å². The maximum absolute atomic E-state index is 3.69. The summed E-state index contributed by atoms with van der Waals surface area (Å²) in [6.45, 7) is 5.43. The number of piperidine rings is 1. The van der Waals surface area contributed by atoms with Crippen molar-refractivity contribution in [1.82, 2.24) is 10.2 Å². The third-order valence-electron chi connectivity index (χ3n) is 4.09. The first kappa shape index (κ1) is 10.1. The van der Waals surface area contributed by atoms with Crippen LogP contribution in [0.4, 0.5) is 0 Å². The highest BCUT2D eigenvalue weighted by atomic mass is 15.1. The van der Waals surface area contributed by atoms with Gasteiger partial charge in [-0.3, -0.25) is 0 Å². The van der Waals surface area contributed by atoms with Gasteiger partial charge in [-0.1, -0.05) is 0 Å². The molecule has 3 fully saturated rings. The van der Waals surface area contributed by atoms with Gasteiger partial charge in [0, 0.05) is 19.1 Å². The number of likely N-dealkylation sites (tertiary alicyclic amines) is 1. The van der Waals surface area contributed by atoms with E-state index in [0.29, 0.717) is 0 Å². The summed E-state index contributed by atoms with van der Waals surface area (Å²) in [7, 11) is 0.